The molecule has 1 aromatic heterocycles. The van der Waals surface area contributed by atoms with Gasteiger partial charge in [0, 0.05) is 43.3 Å². The zero-order valence-corrected chi connectivity index (χ0v) is 19.0. The number of hydrogen-bond acceptors (Lipinski definition) is 3. The summed E-state index contributed by atoms with van der Waals surface area (Å²) in [6.45, 7) is 7.01. The molecule has 0 radical (unpaired) electrons. The van der Waals surface area contributed by atoms with Crippen molar-refractivity contribution in [2.75, 3.05) is 19.3 Å². The molecule has 1 saturated carbocycles. The summed E-state index contributed by atoms with van der Waals surface area (Å²) in [7, 11) is 0. The lowest BCUT2D eigenvalue weighted by Crippen LogP contribution is -2.45. The van der Waals surface area contributed by atoms with E-state index in [1.54, 1.807) is 0 Å². The lowest BCUT2D eigenvalue weighted by molar-refractivity contribution is 0.419. The second kappa shape index (κ2) is 12.8. The van der Waals surface area contributed by atoms with Gasteiger partial charge in [0.05, 0.1) is 0 Å². The quantitative estimate of drug-likeness (QED) is 0.258. The summed E-state index contributed by atoms with van der Waals surface area (Å²) in [5, 5.41) is 7.84. The maximum absolute atomic E-state index is 4.76. The Balaban J connectivity index is 0.00000312. The first-order valence-corrected chi connectivity index (χ1v) is 10.6. The van der Waals surface area contributed by atoms with Gasteiger partial charge in [-0.1, -0.05) is 6.42 Å². The third kappa shape index (κ3) is 8.19. The molecule has 2 atom stereocenters. The summed E-state index contributed by atoms with van der Waals surface area (Å²) in [4.78, 5) is 9.02. The van der Waals surface area contributed by atoms with Crippen LogP contribution in [0.1, 0.15) is 51.3 Å². The molecule has 25 heavy (non-hydrogen) atoms. The van der Waals surface area contributed by atoms with E-state index >= 15 is 0 Å². The van der Waals surface area contributed by atoms with E-state index in [0.717, 1.165) is 49.5 Å². The van der Waals surface area contributed by atoms with E-state index in [1.807, 2.05) is 18.0 Å². The SMILES string of the molecule is CCNC(=NCCCCn1ccnc1C)NC1CCCC(SC)C1.I. The van der Waals surface area contributed by atoms with Gasteiger partial charge in [-0.25, -0.2) is 4.98 Å². The van der Waals surface area contributed by atoms with E-state index in [4.69, 9.17) is 4.99 Å². The first kappa shape index (κ1) is 22.6. The fourth-order valence-corrected chi connectivity index (χ4v) is 4.06. The van der Waals surface area contributed by atoms with Crippen LogP contribution in [0.25, 0.3) is 0 Å². The Bertz CT molecular complexity index is 505. The van der Waals surface area contributed by atoms with E-state index in [9.17, 15) is 0 Å². The van der Waals surface area contributed by atoms with Gasteiger partial charge < -0.3 is 15.2 Å². The van der Waals surface area contributed by atoms with Crippen LogP contribution in [-0.2, 0) is 6.54 Å². The lowest BCUT2D eigenvalue weighted by Gasteiger charge is -2.29. The Kier molecular flexibility index (Phi) is 11.6. The molecule has 144 valence electrons. The molecule has 2 unspecified atom stereocenters. The van der Waals surface area contributed by atoms with Crippen molar-refractivity contribution >= 4 is 41.7 Å². The number of unbranched alkanes of at least 4 members (excludes halogenated alkanes) is 1. The van der Waals surface area contributed by atoms with Crippen molar-refractivity contribution in [1.29, 1.82) is 0 Å². The number of halogens is 1. The van der Waals surface area contributed by atoms with Crippen molar-refractivity contribution in [3.8, 4) is 0 Å². The molecule has 1 heterocycles. The molecule has 1 aliphatic rings. The first-order chi connectivity index (χ1) is 11.7. The molecule has 0 aromatic carbocycles. The molecule has 2 rings (SSSR count). The summed E-state index contributed by atoms with van der Waals surface area (Å²) in [5.41, 5.74) is 0. The van der Waals surface area contributed by atoms with Gasteiger partial charge in [0.25, 0.3) is 0 Å². The van der Waals surface area contributed by atoms with E-state index in [0.29, 0.717) is 6.04 Å². The molecule has 0 spiro atoms. The minimum Gasteiger partial charge on any atom is -0.357 e. The second-order valence-electron chi connectivity index (χ2n) is 6.50. The van der Waals surface area contributed by atoms with Gasteiger partial charge >= 0.3 is 0 Å². The summed E-state index contributed by atoms with van der Waals surface area (Å²) in [6.07, 6.45) is 13.6. The van der Waals surface area contributed by atoms with E-state index in [1.165, 1.54) is 25.7 Å². The molecule has 0 bridgehead atoms. The van der Waals surface area contributed by atoms with Crippen LogP contribution in [0.5, 0.6) is 0 Å². The van der Waals surface area contributed by atoms with Crippen molar-refractivity contribution in [3.63, 3.8) is 0 Å². The third-order valence-corrected chi connectivity index (χ3v) is 5.74. The average molecular weight is 479 g/mol. The van der Waals surface area contributed by atoms with E-state index in [-0.39, 0.29) is 24.0 Å². The van der Waals surface area contributed by atoms with Gasteiger partial charge in [0.15, 0.2) is 5.96 Å². The Hall–Kier alpha value is -0.440. The van der Waals surface area contributed by atoms with E-state index < -0.39 is 0 Å². The fraction of sp³-hybridized carbons (Fsp3) is 0.778. The number of nitrogens with zero attached hydrogens (tertiary/aromatic N) is 3. The van der Waals surface area contributed by atoms with Crippen LogP contribution in [-0.4, -0.2) is 46.1 Å². The van der Waals surface area contributed by atoms with Crippen LogP contribution in [0.3, 0.4) is 0 Å². The van der Waals surface area contributed by atoms with Gasteiger partial charge in [-0.05, 0) is 52.2 Å². The predicted octanol–water partition coefficient (Wildman–Crippen LogP) is 3.82. The standard InChI is InChI=1S/C18H33N5S.HI/c1-4-19-18(22-16-8-7-9-17(14-16)24-3)21-10-5-6-12-23-13-11-20-15(23)2;/h11,13,16-17H,4-10,12,14H2,1-3H3,(H2,19,21,22);1H. The van der Waals surface area contributed by atoms with Crippen molar-refractivity contribution in [2.24, 2.45) is 4.99 Å². The van der Waals surface area contributed by atoms with Gasteiger partial charge in [-0.3, -0.25) is 4.99 Å². The molecule has 0 amide bonds. The van der Waals surface area contributed by atoms with Crippen LogP contribution >= 0.6 is 35.7 Å². The zero-order chi connectivity index (χ0) is 17.2. The van der Waals surface area contributed by atoms with Gasteiger partial charge in [-0.15, -0.1) is 24.0 Å². The molecule has 2 N–H and O–H groups in total. The maximum atomic E-state index is 4.76. The Labute approximate surface area is 174 Å². The van der Waals surface area contributed by atoms with Gasteiger partial charge in [0.2, 0.25) is 0 Å². The zero-order valence-electron chi connectivity index (χ0n) is 15.8. The van der Waals surface area contributed by atoms with Crippen LogP contribution in [0.2, 0.25) is 0 Å². The average Bonchev–Trinajstić information content (AvgIpc) is 3.00. The molecule has 7 heteroatoms. The molecule has 1 aliphatic carbocycles. The van der Waals surface area contributed by atoms with Crippen LogP contribution in [0, 0.1) is 6.92 Å². The number of aromatic nitrogens is 2. The number of aliphatic imine (C=N–C) groups is 1. The minimum absolute atomic E-state index is 0. The van der Waals surface area contributed by atoms with Crippen LogP contribution in [0.4, 0.5) is 0 Å². The molecule has 1 aromatic rings. The maximum Gasteiger partial charge on any atom is 0.191 e. The predicted molar refractivity (Wildman–Crippen MR) is 120 cm³/mol. The summed E-state index contributed by atoms with van der Waals surface area (Å²) >= 11 is 2.01. The van der Waals surface area contributed by atoms with Gasteiger partial charge in [0.1, 0.15) is 5.82 Å². The molecule has 0 aliphatic heterocycles. The summed E-state index contributed by atoms with van der Waals surface area (Å²) < 4.78 is 2.21. The molecule has 0 saturated heterocycles. The lowest BCUT2D eigenvalue weighted by atomic mass is 9.95. The second-order valence-corrected chi connectivity index (χ2v) is 7.64. The normalized spacial score (nSPS) is 20.8. The number of guanidine groups is 1. The van der Waals surface area contributed by atoms with Crippen LogP contribution < -0.4 is 10.6 Å². The van der Waals surface area contributed by atoms with Gasteiger partial charge in [-0.2, -0.15) is 11.8 Å². The number of aryl methyl sites for hydroxylation is 2. The van der Waals surface area contributed by atoms with E-state index in [2.05, 4.69) is 46.5 Å². The Morgan fingerprint density at radius 3 is 2.92 bits per heavy atom. The van der Waals surface area contributed by atoms with Crippen molar-refractivity contribution in [1.82, 2.24) is 20.2 Å². The Morgan fingerprint density at radius 1 is 1.40 bits per heavy atom. The van der Waals surface area contributed by atoms with Crippen molar-refractivity contribution in [2.45, 2.75) is 70.2 Å². The Morgan fingerprint density at radius 2 is 2.24 bits per heavy atom. The molecule has 5 nitrogen and oxygen atoms in total. The van der Waals surface area contributed by atoms with Crippen LogP contribution in [0.15, 0.2) is 17.4 Å². The number of nitrogens with one attached hydrogen (secondary N) is 2. The topological polar surface area (TPSA) is 54.2 Å². The highest BCUT2D eigenvalue weighted by Gasteiger charge is 2.21. The minimum atomic E-state index is 0. The highest BCUT2D eigenvalue weighted by molar-refractivity contribution is 14.0. The largest absolute Gasteiger partial charge is 0.357 e. The smallest absolute Gasteiger partial charge is 0.191 e. The summed E-state index contributed by atoms with van der Waals surface area (Å²) in [5.74, 6) is 2.08. The monoisotopic (exact) mass is 479 g/mol. The number of hydrogen-bond donors (Lipinski definition) is 2. The third-order valence-electron chi connectivity index (χ3n) is 4.65. The fourth-order valence-electron chi connectivity index (χ4n) is 3.23. The number of rotatable bonds is 8. The summed E-state index contributed by atoms with van der Waals surface area (Å²) in [6, 6.07) is 0.572. The molecule has 1 fully saturated rings. The highest BCUT2D eigenvalue weighted by atomic mass is 127. The number of thioether (sulfide) groups is 1. The molecular formula is C18H34IN5S. The molecular weight excluding hydrogens is 445 g/mol. The first-order valence-electron chi connectivity index (χ1n) is 9.28. The highest BCUT2D eigenvalue weighted by Crippen LogP contribution is 2.26. The van der Waals surface area contributed by atoms with Crippen molar-refractivity contribution < 1.29 is 0 Å². The number of imidazole rings is 1. The van der Waals surface area contributed by atoms with Crippen molar-refractivity contribution in [3.05, 3.63) is 18.2 Å².